The Kier molecular flexibility index (Phi) is 5.63. The van der Waals surface area contributed by atoms with E-state index in [4.69, 9.17) is 10.5 Å². The first-order valence-electron chi connectivity index (χ1n) is 9.98. The quantitative estimate of drug-likeness (QED) is 0.650. The summed E-state index contributed by atoms with van der Waals surface area (Å²) >= 11 is 0. The van der Waals surface area contributed by atoms with Crippen molar-refractivity contribution < 1.29 is 13.2 Å². The van der Waals surface area contributed by atoms with Crippen molar-refractivity contribution in [3.05, 3.63) is 59.8 Å². The van der Waals surface area contributed by atoms with Crippen LogP contribution in [-0.4, -0.2) is 47.9 Å². The third kappa shape index (κ3) is 3.98. The summed E-state index contributed by atoms with van der Waals surface area (Å²) in [6, 6.07) is 7.08. The maximum atomic E-state index is 13.4. The molecule has 162 valence electrons. The number of hydrogen-bond acceptors (Lipinski definition) is 7. The normalized spacial score (nSPS) is 17.1. The molecule has 0 saturated carbocycles. The SMILES string of the molecule is COc1cc(C)c(C)cc1S(=O)(=O)N1CC[C@@H](c2ncncc2-c2ccnc(N)c2)C1. The molecule has 3 heterocycles. The van der Waals surface area contributed by atoms with Crippen molar-refractivity contribution in [3.8, 4) is 16.9 Å². The maximum Gasteiger partial charge on any atom is 0.246 e. The lowest BCUT2D eigenvalue weighted by molar-refractivity contribution is 0.397. The van der Waals surface area contributed by atoms with Crippen molar-refractivity contribution in [2.24, 2.45) is 0 Å². The van der Waals surface area contributed by atoms with E-state index in [0.29, 0.717) is 31.1 Å². The molecule has 2 N–H and O–H groups in total. The van der Waals surface area contributed by atoms with Gasteiger partial charge >= 0.3 is 0 Å². The van der Waals surface area contributed by atoms with Gasteiger partial charge in [-0.3, -0.25) is 0 Å². The predicted molar refractivity (Wildman–Crippen MR) is 118 cm³/mol. The van der Waals surface area contributed by atoms with Gasteiger partial charge in [-0.25, -0.2) is 23.4 Å². The molecule has 1 aliphatic heterocycles. The average Bonchev–Trinajstić information content (AvgIpc) is 3.26. The molecular formula is C22H25N5O3S. The van der Waals surface area contributed by atoms with Crippen LogP contribution in [0.25, 0.3) is 11.1 Å². The lowest BCUT2D eigenvalue weighted by Gasteiger charge is -2.20. The van der Waals surface area contributed by atoms with Crippen LogP contribution in [0.4, 0.5) is 5.82 Å². The summed E-state index contributed by atoms with van der Waals surface area (Å²) in [6.45, 7) is 4.57. The lowest BCUT2D eigenvalue weighted by atomic mass is 9.96. The first-order valence-corrected chi connectivity index (χ1v) is 11.4. The Morgan fingerprint density at radius 3 is 2.68 bits per heavy atom. The first-order chi connectivity index (χ1) is 14.8. The Labute approximate surface area is 182 Å². The number of methoxy groups -OCH3 is 1. The molecule has 0 aliphatic carbocycles. The van der Waals surface area contributed by atoms with Gasteiger partial charge in [-0.1, -0.05) is 0 Å². The summed E-state index contributed by atoms with van der Waals surface area (Å²) in [4.78, 5) is 12.9. The molecule has 0 amide bonds. The van der Waals surface area contributed by atoms with Gasteiger partial charge < -0.3 is 10.5 Å². The monoisotopic (exact) mass is 439 g/mol. The molecular weight excluding hydrogens is 414 g/mol. The summed E-state index contributed by atoms with van der Waals surface area (Å²) in [5.74, 6) is 0.714. The molecule has 1 atom stereocenters. The van der Waals surface area contributed by atoms with Crippen molar-refractivity contribution >= 4 is 15.8 Å². The molecule has 3 aromatic rings. The van der Waals surface area contributed by atoms with Gasteiger partial charge in [0, 0.05) is 37.0 Å². The lowest BCUT2D eigenvalue weighted by Crippen LogP contribution is -2.29. The van der Waals surface area contributed by atoms with Crippen LogP contribution in [0, 0.1) is 13.8 Å². The van der Waals surface area contributed by atoms with Crippen molar-refractivity contribution in [1.82, 2.24) is 19.3 Å². The zero-order valence-electron chi connectivity index (χ0n) is 17.7. The van der Waals surface area contributed by atoms with Crippen molar-refractivity contribution in [2.45, 2.75) is 31.1 Å². The van der Waals surface area contributed by atoms with Crippen LogP contribution in [0.15, 0.2) is 47.9 Å². The molecule has 0 unspecified atom stereocenters. The predicted octanol–water partition coefficient (Wildman–Crippen LogP) is 2.92. The third-order valence-electron chi connectivity index (χ3n) is 5.77. The first kappa shape index (κ1) is 21.2. The van der Waals surface area contributed by atoms with Gasteiger partial charge in [0.05, 0.1) is 12.8 Å². The molecule has 1 saturated heterocycles. The van der Waals surface area contributed by atoms with Gasteiger partial charge in [0.1, 0.15) is 22.8 Å². The Morgan fingerprint density at radius 2 is 1.94 bits per heavy atom. The highest BCUT2D eigenvalue weighted by atomic mass is 32.2. The minimum atomic E-state index is -3.71. The van der Waals surface area contributed by atoms with Gasteiger partial charge in [0.2, 0.25) is 10.0 Å². The second kappa shape index (κ2) is 8.24. The fourth-order valence-electron chi connectivity index (χ4n) is 3.94. The molecule has 0 spiro atoms. The van der Waals surface area contributed by atoms with E-state index in [0.717, 1.165) is 27.9 Å². The summed E-state index contributed by atoms with van der Waals surface area (Å²) in [5, 5.41) is 0. The van der Waals surface area contributed by atoms with E-state index < -0.39 is 10.0 Å². The number of ether oxygens (including phenoxy) is 1. The van der Waals surface area contributed by atoms with E-state index in [1.807, 2.05) is 19.9 Å². The van der Waals surface area contributed by atoms with E-state index in [9.17, 15) is 8.42 Å². The minimum absolute atomic E-state index is 0.0558. The topological polar surface area (TPSA) is 111 Å². The second-order valence-corrected chi connectivity index (χ2v) is 9.63. The Hall–Kier alpha value is -3.04. The molecule has 31 heavy (non-hydrogen) atoms. The number of pyridine rings is 1. The summed E-state index contributed by atoms with van der Waals surface area (Å²) in [7, 11) is -2.22. The Morgan fingerprint density at radius 1 is 1.16 bits per heavy atom. The van der Waals surface area contributed by atoms with Gasteiger partial charge in [0.25, 0.3) is 0 Å². The second-order valence-electron chi connectivity index (χ2n) is 7.73. The van der Waals surface area contributed by atoms with E-state index in [1.165, 1.54) is 17.7 Å². The minimum Gasteiger partial charge on any atom is -0.495 e. The Balaban J connectivity index is 1.66. The van der Waals surface area contributed by atoms with Crippen LogP contribution in [0.1, 0.15) is 29.2 Å². The molecule has 1 aliphatic rings. The van der Waals surface area contributed by atoms with Gasteiger partial charge in [-0.2, -0.15) is 4.31 Å². The fourth-order valence-corrected chi connectivity index (χ4v) is 5.66. The van der Waals surface area contributed by atoms with Crippen molar-refractivity contribution in [3.63, 3.8) is 0 Å². The zero-order valence-corrected chi connectivity index (χ0v) is 18.6. The fraction of sp³-hybridized carbons (Fsp3) is 0.318. The summed E-state index contributed by atoms with van der Waals surface area (Å²) < 4.78 is 33.8. The number of nitrogens with zero attached hydrogens (tertiary/aromatic N) is 4. The summed E-state index contributed by atoms with van der Waals surface area (Å²) in [6.07, 6.45) is 5.53. The smallest absolute Gasteiger partial charge is 0.246 e. The molecule has 9 heteroatoms. The van der Waals surface area contributed by atoms with Crippen LogP contribution in [-0.2, 0) is 10.0 Å². The number of benzene rings is 1. The van der Waals surface area contributed by atoms with E-state index in [-0.39, 0.29) is 10.8 Å². The molecule has 4 rings (SSSR count). The zero-order chi connectivity index (χ0) is 22.2. The number of aryl methyl sites for hydroxylation is 2. The molecule has 2 aromatic heterocycles. The Bertz CT molecular complexity index is 1230. The number of sulfonamides is 1. The highest BCUT2D eigenvalue weighted by molar-refractivity contribution is 7.89. The molecule has 8 nitrogen and oxygen atoms in total. The molecule has 0 bridgehead atoms. The van der Waals surface area contributed by atoms with Gasteiger partial charge in [-0.05, 0) is 61.2 Å². The molecule has 1 fully saturated rings. The highest BCUT2D eigenvalue weighted by Gasteiger charge is 2.36. The van der Waals surface area contributed by atoms with Crippen molar-refractivity contribution in [1.29, 1.82) is 0 Å². The van der Waals surface area contributed by atoms with E-state index >= 15 is 0 Å². The van der Waals surface area contributed by atoms with Crippen LogP contribution >= 0.6 is 0 Å². The average molecular weight is 440 g/mol. The summed E-state index contributed by atoms with van der Waals surface area (Å²) in [5.41, 5.74) is 10.2. The van der Waals surface area contributed by atoms with Crippen LogP contribution in [0.5, 0.6) is 5.75 Å². The molecule has 0 radical (unpaired) electrons. The van der Waals surface area contributed by atoms with Gasteiger partial charge in [0.15, 0.2) is 0 Å². The number of anilines is 1. The third-order valence-corrected chi connectivity index (χ3v) is 7.66. The van der Waals surface area contributed by atoms with Crippen molar-refractivity contribution in [2.75, 3.05) is 25.9 Å². The van der Waals surface area contributed by atoms with Gasteiger partial charge in [-0.15, -0.1) is 0 Å². The number of hydrogen-bond donors (Lipinski definition) is 1. The van der Waals surface area contributed by atoms with Crippen LogP contribution in [0.2, 0.25) is 0 Å². The molecule has 1 aromatic carbocycles. The van der Waals surface area contributed by atoms with Crippen LogP contribution < -0.4 is 10.5 Å². The largest absolute Gasteiger partial charge is 0.495 e. The van der Waals surface area contributed by atoms with E-state index in [1.54, 1.807) is 30.6 Å². The standard InChI is InChI=1S/C22H25N5O3S/c1-14-8-19(30-3)20(9-15(14)2)31(28,29)27-7-5-17(12-27)22-18(11-24-13-26-22)16-4-6-25-21(23)10-16/h4,6,8-11,13,17H,5,7,12H2,1-3H3,(H2,23,25)/t17-/m1/s1. The van der Waals surface area contributed by atoms with Crippen LogP contribution in [0.3, 0.4) is 0 Å². The highest BCUT2D eigenvalue weighted by Crippen LogP contribution is 2.37. The number of nitrogens with two attached hydrogens (primary N) is 1. The van der Waals surface area contributed by atoms with E-state index in [2.05, 4.69) is 15.0 Å². The number of aromatic nitrogens is 3. The number of rotatable bonds is 5. The number of nitrogen functional groups attached to an aromatic ring is 1. The maximum absolute atomic E-state index is 13.4.